The van der Waals surface area contributed by atoms with Crippen LogP contribution in [0.3, 0.4) is 0 Å². The van der Waals surface area contributed by atoms with Crippen LogP contribution in [0.2, 0.25) is 0 Å². The van der Waals surface area contributed by atoms with Crippen molar-refractivity contribution in [2.75, 3.05) is 32.7 Å². The molecule has 1 fully saturated rings. The molecule has 0 saturated carbocycles. The van der Waals surface area contributed by atoms with Gasteiger partial charge in [0.15, 0.2) is 0 Å². The molecule has 2 aromatic rings. The van der Waals surface area contributed by atoms with Crippen molar-refractivity contribution in [1.29, 1.82) is 0 Å². The fourth-order valence-corrected chi connectivity index (χ4v) is 2.86. The summed E-state index contributed by atoms with van der Waals surface area (Å²) in [6.07, 6.45) is 3.49. The van der Waals surface area contributed by atoms with Crippen molar-refractivity contribution < 1.29 is 14.0 Å². The highest BCUT2D eigenvalue weighted by atomic mass is 19.1. The first kappa shape index (κ1) is 16.4. The van der Waals surface area contributed by atoms with Crippen LogP contribution >= 0.6 is 0 Å². The molecule has 1 aromatic carbocycles. The molecular weight excluding hydrogens is 309 g/mol. The Bertz CT molecular complexity index is 731. The molecule has 3 rings (SSSR count). The summed E-state index contributed by atoms with van der Waals surface area (Å²) in [7, 11) is 0. The molecule has 1 aliphatic heterocycles. The number of halogens is 1. The summed E-state index contributed by atoms with van der Waals surface area (Å²) < 4.78 is 14.5. The Labute approximate surface area is 140 Å². The average Bonchev–Trinajstić information content (AvgIpc) is 3.06. The van der Waals surface area contributed by atoms with Crippen LogP contribution in [-0.2, 0) is 4.79 Å². The zero-order valence-corrected chi connectivity index (χ0v) is 13.6. The van der Waals surface area contributed by atoms with E-state index in [1.165, 1.54) is 12.1 Å². The molecule has 6 heteroatoms. The fraction of sp³-hybridized carbons (Fsp3) is 0.333. The van der Waals surface area contributed by atoms with Crippen LogP contribution in [0.5, 0.6) is 0 Å². The first-order valence-electron chi connectivity index (χ1n) is 7.98. The molecule has 0 atom stereocenters. The number of aromatic nitrogens is 1. The maximum atomic E-state index is 13.0. The molecular formula is C18H20FN3O2. The monoisotopic (exact) mass is 329 g/mol. The standard InChI is InChI=1S/C18H20FN3O2/c1-14(23)21-10-8-20(9-11-21)13-18(24)22-7-6-16(12-22)15-2-4-17(19)5-3-15/h2-7,12H,8-11,13H2,1H3. The summed E-state index contributed by atoms with van der Waals surface area (Å²) in [6.45, 7) is 4.62. The van der Waals surface area contributed by atoms with E-state index >= 15 is 0 Å². The SMILES string of the molecule is CC(=O)N1CCN(CC(=O)n2ccc(-c3ccc(F)cc3)c2)CC1. The number of hydrogen-bond donors (Lipinski definition) is 0. The first-order valence-corrected chi connectivity index (χ1v) is 7.98. The molecule has 0 unspecified atom stereocenters. The predicted octanol–water partition coefficient (Wildman–Crippen LogP) is 2.10. The highest BCUT2D eigenvalue weighted by Gasteiger charge is 2.20. The number of nitrogens with zero attached hydrogens (tertiary/aromatic N) is 3. The van der Waals surface area contributed by atoms with Crippen LogP contribution in [0, 0.1) is 5.82 Å². The van der Waals surface area contributed by atoms with E-state index in [2.05, 4.69) is 4.90 Å². The molecule has 0 N–H and O–H groups in total. The smallest absolute Gasteiger partial charge is 0.244 e. The van der Waals surface area contributed by atoms with Gasteiger partial charge in [-0.25, -0.2) is 4.39 Å². The maximum Gasteiger partial charge on any atom is 0.244 e. The molecule has 1 amide bonds. The van der Waals surface area contributed by atoms with Gasteiger partial charge in [-0.2, -0.15) is 0 Å². The number of amides is 1. The van der Waals surface area contributed by atoms with Crippen LogP contribution in [0.1, 0.15) is 11.7 Å². The number of benzene rings is 1. The van der Waals surface area contributed by atoms with E-state index in [-0.39, 0.29) is 17.6 Å². The van der Waals surface area contributed by atoms with Crippen molar-refractivity contribution in [3.05, 3.63) is 48.5 Å². The second-order valence-corrected chi connectivity index (χ2v) is 5.99. The zero-order valence-electron chi connectivity index (χ0n) is 13.6. The normalized spacial score (nSPS) is 15.5. The fourth-order valence-electron chi connectivity index (χ4n) is 2.86. The van der Waals surface area contributed by atoms with Gasteiger partial charge in [0.1, 0.15) is 5.82 Å². The van der Waals surface area contributed by atoms with Gasteiger partial charge in [0.2, 0.25) is 11.8 Å². The third-order valence-electron chi connectivity index (χ3n) is 4.33. The Balaban J connectivity index is 1.60. The van der Waals surface area contributed by atoms with E-state index in [4.69, 9.17) is 0 Å². The maximum absolute atomic E-state index is 13.0. The molecule has 126 valence electrons. The van der Waals surface area contributed by atoms with Crippen LogP contribution < -0.4 is 0 Å². The summed E-state index contributed by atoms with van der Waals surface area (Å²) in [4.78, 5) is 27.6. The van der Waals surface area contributed by atoms with Crippen LogP contribution in [0.15, 0.2) is 42.7 Å². The molecule has 1 aliphatic rings. The lowest BCUT2D eigenvalue weighted by Crippen LogP contribution is -2.49. The number of carbonyl (C=O) groups excluding carboxylic acids is 2. The third kappa shape index (κ3) is 3.71. The van der Waals surface area contributed by atoms with Gasteiger partial charge in [-0.1, -0.05) is 12.1 Å². The highest BCUT2D eigenvalue weighted by Crippen LogP contribution is 2.20. The van der Waals surface area contributed by atoms with Gasteiger partial charge in [-0.15, -0.1) is 0 Å². The predicted molar refractivity (Wildman–Crippen MR) is 89.1 cm³/mol. The van der Waals surface area contributed by atoms with E-state index < -0.39 is 0 Å². The van der Waals surface area contributed by atoms with Crippen molar-refractivity contribution in [3.63, 3.8) is 0 Å². The Kier molecular flexibility index (Phi) is 4.76. The molecule has 2 heterocycles. The number of hydrogen-bond acceptors (Lipinski definition) is 3. The Hall–Kier alpha value is -2.47. The van der Waals surface area contributed by atoms with Gasteiger partial charge in [-0.05, 0) is 29.3 Å². The average molecular weight is 329 g/mol. The minimum Gasteiger partial charge on any atom is -0.340 e. The molecule has 0 bridgehead atoms. The van der Waals surface area contributed by atoms with E-state index in [0.29, 0.717) is 32.7 Å². The second-order valence-electron chi connectivity index (χ2n) is 5.99. The van der Waals surface area contributed by atoms with Crippen molar-refractivity contribution in [1.82, 2.24) is 14.4 Å². The molecule has 24 heavy (non-hydrogen) atoms. The van der Waals surface area contributed by atoms with E-state index in [1.807, 2.05) is 6.07 Å². The summed E-state index contributed by atoms with van der Waals surface area (Å²) in [5.74, 6) is -0.214. The van der Waals surface area contributed by atoms with Gasteiger partial charge in [0.25, 0.3) is 0 Å². The molecule has 0 radical (unpaired) electrons. The molecule has 0 aliphatic carbocycles. The molecule has 1 saturated heterocycles. The molecule has 0 spiro atoms. The third-order valence-corrected chi connectivity index (χ3v) is 4.33. The van der Waals surface area contributed by atoms with E-state index in [9.17, 15) is 14.0 Å². The lowest BCUT2D eigenvalue weighted by atomic mass is 10.1. The number of piperazine rings is 1. The first-order chi connectivity index (χ1) is 11.5. The molecule has 1 aromatic heterocycles. The topological polar surface area (TPSA) is 45.6 Å². The minimum absolute atomic E-state index is 0.0142. The van der Waals surface area contributed by atoms with E-state index in [0.717, 1.165) is 11.1 Å². The summed E-state index contributed by atoms with van der Waals surface area (Å²) in [6, 6.07) is 8.05. The number of carbonyl (C=O) groups is 2. The summed E-state index contributed by atoms with van der Waals surface area (Å²) in [5.41, 5.74) is 1.75. The van der Waals surface area contributed by atoms with Gasteiger partial charge < -0.3 is 4.90 Å². The highest BCUT2D eigenvalue weighted by molar-refractivity contribution is 5.82. The van der Waals surface area contributed by atoms with Crippen LogP contribution in [-0.4, -0.2) is 58.9 Å². The lowest BCUT2D eigenvalue weighted by Gasteiger charge is -2.33. The van der Waals surface area contributed by atoms with E-state index in [1.54, 1.807) is 40.9 Å². The zero-order chi connectivity index (χ0) is 17.1. The van der Waals surface area contributed by atoms with Crippen molar-refractivity contribution in [3.8, 4) is 11.1 Å². The van der Waals surface area contributed by atoms with Crippen molar-refractivity contribution >= 4 is 11.8 Å². The van der Waals surface area contributed by atoms with Gasteiger partial charge in [0.05, 0.1) is 6.54 Å². The Morgan fingerprint density at radius 1 is 1.00 bits per heavy atom. The Morgan fingerprint density at radius 2 is 1.67 bits per heavy atom. The van der Waals surface area contributed by atoms with Crippen molar-refractivity contribution in [2.45, 2.75) is 6.92 Å². The lowest BCUT2D eigenvalue weighted by molar-refractivity contribution is -0.130. The Morgan fingerprint density at radius 3 is 2.29 bits per heavy atom. The van der Waals surface area contributed by atoms with Gasteiger partial charge in [-0.3, -0.25) is 19.1 Å². The van der Waals surface area contributed by atoms with Gasteiger partial charge >= 0.3 is 0 Å². The largest absolute Gasteiger partial charge is 0.340 e. The summed E-state index contributed by atoms with van der Waals surface area (Å²) in [5, 5.41) is 0. The molecule has 5 nitrogen and oxygen atoms in total. The van der Waals surface area contributed by atoms with Crippen molar-refractivity contribution in [2.24, 2.45) is 0 Å². The second kappa shape index (κ2) is 6.97. The van der Waals surface area contributed by atoms with Gasteiger partial charge in [0, 0.05) is 45.5 Å². The van der Waals surface area contributed by atoms with Crippen LogP contribution in [0.4, 0.5) is 4.39 Å². The summed E-state index contributed by atoms with van der Waals surface area (Å²) >= 11 is 0. The van der Waals surface area contributed by atoms with Crippen LogP contribution in [0.25, 0.3) is 11.1 Å². The number of rotatable bonds is 3. The quantitative estimate of drug-likeness (QED) is 0.866. The minimum atomic E-state index is -0.279.